The van der Waals surface area contributed by atoms with Gasteiger partial charge >= 0.3 is 35.0 Å². The molecule has 0 fully saturated rings. The van der Waals surface area contributed by atoms with Crippen LogP contribution in [0, 0.1) is 31.6 Å². The number of aryl methyl sites for hydroxylation is 2. The molecule has 0 saturated heterocycles. The maximum atomic E-state index is 14.4. The number of carbonyl (C=O) groups excluding carboxylic acids is 4. The molecular formula is C55H74MgN4O6+2. The summed E-state index contributed by atoms with van der Waals surface area (Å²) in [5.41, 5.74) is 11.7. The monoisotopic (exact) mass is 911 g/mol. The average Bonchev–Trinajstić information content (AvgIpc) is 4.00. The first-order valence-corrected chi connectivity index (χ1v) is 24.4. The molecule has 5 heterocycles. The van der Waals surface area contributed by atoms with Crippen LogP contribution in [-0.2, 0) is 19.1 Å². The first-order valence-electron chi connectivity index (χ1n) is 24.4. The molecule has 6 rings (SSSR count). The van der Waals surface area contributed by atoms with Gasteiger partial charge in [-0.3, -0.25) is 19.2 Å². The first kappa shape index (κ1) is 52.6. The fourth-order valence-corrected chi connectivity index (χ4v) is 10.4. The summed E-state index contributed by atoms with van der Waals surface area (Å²) in [6.07, 6.45) is 14.5. The molecule has 5 atom stereocenters. The molecule has 0 saturated carbocycles. The van der Waals surface area contributed by atoms with Crippen molar-refractivity contribution in [2.75, 3.05) is 13.7 Å². The molecule has 66 heavy (non-hydrogen) atoms. The van der Waals surface area contributed by atoms with Gasteiger partial charge in [-0.2, -0.15) is 0 Å². The summed E-state index contributed by atoms with van der Waals surface area (Å²) in [7, 11) is 1.29. The number of nitrogens with zero attached hydrogens (tertiary/aromatic N) is 2. The predicted molar refractivity (Wildman–Crippen MR) is 263 cm³/mol. The van der Waals surface area contributed by atoms with Crippen molar-refractivity contribution in [2.45, 2.75) is 171 Å². The fraction of sp³-hybridized carbons (Fsp3) is 0.564. The molecule has 10 nitrogen and oxygen atoms in total. The van der Waals surface area contributed by atoms with Crippen LogP contribution in [0.4, 0.5) is 0 Å². The van der Waals surface area contributed by atoms with E-state index in [1.165, 1.54) is 57.6 Å². The molecule has 11 heteroatoms. The van der Waals surface area contributed by atoms with E-state index < -0.39 is 11.9 Å². The number of aromatic nitrogens is 4. The number of ketones is 2. The van der Waals surface area contributed by atoms with Crippen molar-refractivity contribution in [2.24, 2.45) is 17.8 Å². The molecule has 1 aliphatic carbocycles. The van der Waals surface area contributed by atoms with Crippen molar-refractivity contribution in [1.29, 1.82) is 0 Å². The zero-order valence-corrected chi connectivity index (χ0v) is 43.4. The Labute approximate surface area is 409 Å². The quantitative estimate of drug-likeness (QED) is 0.0358. The number of esters is 2. The van der Waals surface area contributed by atoms with Crippen LogP contribution < -0.4 is 19.9 Å². The van der Waals surface area contributed by atoms with Crippen LogP contribution in [0.2, 0.25) is 0 Å². The van der Waals surface area contributed by atoms with Crippen LogP contribution in [0.15, 0.2) is 29.8 Å². The second-order valence-corrected chi connectivity index (χ2v) is 19.9. The molecule has 0 aromatic carbocycles. The largest absolute Gasteiger partial charge is 2.00 e. The van der Waals surface area contributed by atoms with Crippen molar-refractivity contribution in [3.05, 3.63) is 80.4 Å². The molecule has 350 valence electrons. The molecule has 2 aliphatic heterocycles. The second kappa shape index (κ2) is 23.1. The molecule has 8 bridgehead atoms. The predicted octanol–water partition coefficient (Wildman–Crippen LogP) is 11.2. The molecule has 3 aliphatic rings. The number of nitrogens with one attached hydrogen (secondary N) is 2. The number of ether oxygens (including phenoxy) is 2. The topological polar surface area (TPSA) is 143 Å². The Morgan fingerprint density at radius 1 is 0.818 bits per heavy atom. The molecule has 0 spiro atoms. The third kappa shape index (κ3) is 11.7. The van der Waals surface area contributed by atoms with Gasteiger partial charge in [-0.25, -0.2) is 9.97 Å². The summed E-state index contributed by atoms with van der Waals surface area (Å²) in [6.45, 7) is 23.3. The van der Waals surface area contributed by atoms with E-state index in [0.717, 1.165) is 64.9 Å². The van der Waals surface area contributed by atoms with Crippen molar-refractivity contribution >= 4 is 79.8 Å². The van der Waals surface area contributed by atoms with Gasteiger partial charge in [-0.1, -0.05) is 103 Å². The number of fused-ring (bicyclic) bond motifs is 8. The Hall–Kier alpha value is -4.35. The zero-order valence-electron chi connectivity index (χ0n) is 42.0. The van der Waals surface area contributed by atoms with Crippen LogP contribution >= 0.6 is 0 Å². The Kier molecular flexibility index (Phi) is 18.4. The van der Waals surface area contributed by atoms with E-state index in [0.29, 0.717) is 62.4 Å². The van der Waals surface area contributed by atoms with Gasteiger partial charge in [0.15, 0.2) is 23.0 Å². The Balaban J connectivity index is 0.00000817. The van der Waals surface area contributed by atoms with Crippen molar-refractivity contribution in [3.8, 4) is 0 Å². The van der Waals surface area contributed by atoms with E-state index in [-0.39, 0.29) is 65.5 Å². The number of rotatable bonds is 20. The van der Waals surface area contributed by atoms with E-state index in [4.69, 9.17) is 19.4 Å². The van der Waals surface area contributed by atoms with Gasteiger partial charge in [0.25, 0.3) is 0 Å². The Bertz CT molecular complexity index is 2540. The van der Waals surface area contributed by atoms with Gasteiger partial charge in [-0.15, -0.1) is 22.1 Å². The number of aromatic amines is 2. The number of hydrogen-bond donors (Lipinski definition) is 0. The summed E-state index contributed by atoms with van der Waals surface area (Å²) >= 11 is 0. The maximum Gasteiger partial charge on any atom is 2.00 e. The summed E-state index contributed by atoms with van der Waals surface area (Å²) in [5, 5.41) is 0. The van der Waals surface area contributed by atoms with Crippen LogP contribution in [0.1, 0.15) is 217 Å². The van der Waals surface area contributed by atoms with Gasteiger partial charge in [-0.05, 0) is 102 Å². The molecule has 3 aromatic rings. The number of Topliss-reactive ketones (excluding diaryl/α,β-unsaturated/α-hetero) is 2. The number of H-pyrrole nitrogens is 2. The van der Waals surface area contributed by atoms with Crippen LogP contribution in [0.3, 0.4) is 0 Å². The van der Waals surface area contributed by atoms with Crippen molar-refractivity contribution in [1.82, 2.24) is 9.97 Å². The van der Waals surface area contributed by atoms with Crippen LogP contribution in [0.5, 0.6) is 0 Å². The first-order chi connectivity index (χ1) is 30.9. The van der Waals surface area contributed by atoms with Gasteiger partial charge in [0, 0.05) is 34.3 Å². The average molecular weight is 912 g/mol. The van der Waals surface area contributed by atoms with Gasteiger partial charge in [0.2, 0.25) is 11.4 Å². The smallest absolute Gasteiger partial charge is 0.657 e. The summed E-state index contributed by atoms with van der Waals surface area (Å²) in [5.74, 6) is -0.808. The van der Waals surface area contributed by atoms with E-state index in [2.05, 4.69) is 65.4 Å². The standard InChI is InChI=1S/C55H73N4O6.Mg/c1-13-39-34(7)41-29-46-48(38(11)60)36(9)43(57-46)27-42-35(8)40(52(58-42)50-51(55(63)64-12)54(62)49-37(10)44(59-53(49)50)28-45(39)56-41)23-24-47(61)65-26-25-33(6)22-16-21-32(5)20-15-19-31(4)18-14-17-30(2)3;/h25,27-32,35,40,51H,13-24,26H2,1-12H3,(H-,56,57,58,59,60,62);/q-1;+2/p+1/b33-25+;. The van der Waals surface area contributed by atoms with Crippen molar-refractivity contribution < 1.29 is 38.6 Å². The molecule has 0 amide bonds. The van der Waals surface area contributed by atoms with E-state index in [1.54, 1.807) is 6.92 Å². The van der Waals surface area contributed by atoms with Gasteiger partial charge in [0.1, 0.15) is 12.5 Å². The third-order valence-electron chi connectivity index (χ3n) is 14.5. The number of carbonyl (C=O) groups is 4. The molecule has 3 aromatic heterocycles. The van der Waals surface area contributed by atoms with Crippen LogP contribution in [-0.4, -0.2) is 60.3 Å². The summed E-state index contributed by atoms with van der Waals surface area (Å²) < 4.78 is 11.1. The SMILES string of the molecule is CCC1=C(C)c2cc3[n-]c(cc4[nH+]c(c5c6[n-]c(cc1[nH+]2)c(C)c6C(=O)C5C(=O)OC)C(CCC(=O)OC/C=C(\C)CCCC(C)CCCC(C)CCCC(C)C)C4C)c(C)c3C(C)=O.[Mg+2]. The van der Waals surface area contributed by atoms with E-state index >= 15 is 0 Å². The maximum absolute atomic E-state index is 14.4. The summed E-state index contributed by atoms with van der Waals surface area (Å²) in [6, 6.07) is 5.86. The minimum absolute atomic E-state index is 0. The number of hydrogen-bond acceptors (Lipinski definition) is 6. The Morgan fingerprint density at radius 3 is 2.09 bits per heavy atom. The minimum atomic E-state index is -1.22. The van der Waals surface area contributed by atoms with Gasteiger partial charge in [0.05, 0.1) is 18.9 Å². The van der Waals surface area contributed by atoms with Crippen LogP contribution in [0.25, 0.3) is 33.2 Å². The third-order valence-corrected chi connectivity index (χ3v) is 14.5. The van der Waals surface area contributed by atoms with E-state index in [1.807, 2.05) is 38.1 Å². The molecule has 2 N–H and O–H groups in total. The summed E-state index contributed by atoms with van der Waals surface area (Å²) in [4.78, 5) is 71.9. The second-order valence-electron chi connectivity index (χ2n) is 19.9. The minimum Gasteiger partial charge on any atom is -0.657 e. The molecular weight excluding hydrogens is 837 g/mol. The van der Waals surface area contributed by atoms with Gasteiger partial charge < -0.3 is 19.4 Å². The van der Waals surface area contributed by atoms with Crippen molar-refractivity contribution in [3.63, 3.8) is 0 Å². The fourth-order valence-electron chi connectivity index (χ4n) is 10.4. The molecule has 5 unspecified atom stereocenters. The number of allylic oxidation sites excluding steroid dienone is 3. The number of methoxy groups -OCH3 is 1. The molecule has 0 radical (unpaired) electrons. The van der Waals surface area contributed by atoms with E-state index in [9.17, 15) is 19.2 Å². The Morgan fingerprint density at radius 2 is 1.45 bits per heavy atom. The normalized spacial score (nSPS) is 17.9. The zero-order chi connectivity index (χ0) is 47.3.